The molecule has 1 aromatic heterocycles. The van der Waals surface area contributed by atoms with Gasteiger partial charge in [-0.25, -0.2) is 9.97 Å². The van der Waals surface area contributed by atoms with Gasteiger partial charge in [0.05, 0.1) is 0 Å². The molecule has 1 fully saturated rings. The SMILES string of the molecule is CCN(C(=O)c1cc(NC2CCCC2)nc(C)n1)c1cccc(C)c1. The molecule has 0 unspecified atom stereocenters. The maximum Gasteiger partial charge on any atom is 0.277 e. The first kappa shape index (κ1) is 17.4. The molecule has 1 aliphatic rings. The summed E-state index contributed by atoms with van der Waals surface area (Å²) in [4.78, 5) is 23.6. The predicted octanol–water partition coefficient (Wildman–Crippen LogP) is 4.11. The fourth-order valence-electron chi connectivity index (χ4n) is 3.41. The van der Waals surface area contributed by atoms with E-state index in [1.807, 2.05) is 45.0 Å². The van der Waals surface area contributed by atoms with Gasteiger partial charge in [-0.1, -0.05) is 25.0 Å². The molecule has 1 saturated carbocycles. The summed E-state index contributed by atoms with van der Waals surface area (Å²) in [6, 6.07) is 10.2. The van der Waals surface area contributed by atoms with Crippen molar-refractivity contribution in [2.75, 3.05) is 16.8 Å². The van der Waals surface area contributed by atoms with Crippen molar-refractivity contribution in [3.63, 3.8) is 0 Å². The minimum atomic E-state index is -0.0897. The molecule has 0 atom stereocenters. The second kappa shape index (κ2) is 7.64. The van der Waals surface area contributed by atoms with E-state index in [1.54, 1.807) is 11.0 Å². The standard InChI is InChI=1S/C20H26N4O/c1-4-24(17-11-7-8-14(2)12-17)20(25)18-13-19(22-15(3)21-18)23-16-9-5-6-10-16/h7-8,11-13,16H,4-6,9-10H2,1-3H3,(H,21,22,23). The third kappa shape index (κ3) is 4.16. The third-order valence-electron chi connectivity index (χ3n) is 4.64. The minimum Gasteiger partial charge on any atom is -0.367 e. The van der Waals surface area contributed by atoms with Gasteiger partial charge in [0, 0.05) is 24.3 Å². The number of hydrogen-bond acceptors (Lipinski definition) is 4. The number of benzene rings is 1. The molecule has 3 rings (SSSR count). The molecule has 1 heterocycles. The van der Waals surface area contributed by atoms with Gasteiger partial charge >= 0.3 is 0 Å². The molecule has 1 N–H and O–H groups in total. The van der Waals surface area contributed by atoms with Crippen LogP contribution in [0.5, 0.6) is 0 Å². The Kier molecular flexibility index (Phi) is 5.31. The highest BCUT2D eigenvalue weighted by Crippen LogP contribution is 2.23. The van der Waals surface area contributed by atoms with Crippen LogP contribution in [0.25, 0.3) is 0 Å². The summed E-state index contributed by atoms with van der Waals surface area (Å²) in [6.07, 6.45) is 4.84. The lowest BCUT2D eigenvalue weighted by Gasteiger charge is -2.22. The van der Waals surface area contributed by atoms with Crippen LogP contribution in [0.4, 0.5) is 11.5 Å². The number of hydrogen-bond donors (Lipinski definition) is 1. The highest BCUT2D eigenvalue weighted by atomic mass is 16.2. The Morgan fingerprint density at radius 2 is 1.96 bits per heavy atom. The summed E-state index contributed by atoms with van der Waals surface area (Å²) >= 11 is 0. The Hall–Kier alpha value is -2.43. The normalized spacial score (nSPS) is 14.5. The Morgan fingerprint density at radius 1 is 1.20 bits per heavy atom. The number of nitrogens with one attached hydrogen (secondary N) is 1. The van der Waals surface area contributed by atoms with Gasteiger partial charge in [-0.3, -0.25) is 4.79 Å². The molecule has 132 valence electrons. The van der Waals surface area contributed by atoms with Crippen molar-refractivity contribution in [2.24, 2.45) is 0 Å². The number of amides is 1. The van der Waals surface area contributed by atoms with E-state index in [2.05, 4.69) is 15.3 Å². The zero-order valence-electron chi connectivity index (χ0n) is 15.2. The van der Waals surface area contributed by atoms with E-state index in [0.717, 1.165) is 29.9 Å². The Labute approximate surface area is 149 Å². The lowest BCUT2D eigenvalue weighted by molar-refractivity contribution is 0.0983. The fraction of sp³-hybridized carbons (Fsp3) is 0.450. The van der Waals surface area contributed by atoms with E-state index in [4.69, 9.17) is 0 Å². The van der Waals surface area contributed by atoms with Crippen LogP contribution in [0.3, 0.4) is 0 Å². The van der Waals surface area contributed by atoms with E-state index in [0.29, 0.717) is 24.1 Å². The third-order valence-corrected chi connectivity index (χ3v) is 4.64. The van der Waals surface area contributed by atoms with E-state index in [-0.39, 0.29) is 5.91 Å². The maximum atomic E-state index is 13.0. The van der Waals surface area contributed by atoms with E-state index < -0.39 is 0 Å². The van der Waals surface area contributed by atoms with Crippen LogP contribution in [-0.2, 0) is 0 Å². The van der Waals surface area contributed by atoms with Gasteiger partial charge in [0.25, 0.3) is 5.91 Å². The summed E-state index contributed by atoms with van der Waals surface area (Å²) in [7, 11) is 0. The number of carbonyl (C=O) groups excluding carboxylic acids is 1. The largest absolute Gasteiger partial charge is 0.367 e. The molecule has 1 aromatic carbocycles. The Morgan fingerprint density at radius 3 is 2.64 bits per heavy atom. The lowest BCUT2D eigenvalue weighted by atomic mass is 10.2. The average Bonchev–Trinajstić information content (AvgIpc) is 3.08. The van der Waals surface area contributed by atoms with Crippen LogP contribution in [-0.4, -0.2) is 28.5 Å². The molecule has 0 spiro atoms. The quantitative estimate of drug-likeness (QED) is 0.891. The highest BCUT2D eigenvalue weighted by molar-refractivity contribution is 6.05. The Bertz CT molecular complexity index is 753. The smallest absolute Gasteiger partial charge is 0.277 e. The van der Waals surface area contributed by atoms with Gasteiger partial charge in [-0.05, 0) is 51.3 Å². The number of carbonyl (C=O) groups is 1. The van der Waals surface area contributed by atoms with Gasteiger partial charge in [-0.15, -0.1) is 0 Å². The molecule has 25 heavy (non-hydrogen) atoms. The van der Waals surface area contributed by atoms with Crippen LogP contribution in [0.1, 0.15) is 54.5 Å². The van der Waals surface area contributed by atoms with Crippen molar-refractivity contribution in [2.45, 2.75) is 52.5 Å². The van der Waals surface area contributed by atoms with Gasteiger partial charge in [-0.2, -0.15) is 0 Å². The van der Waals surface area contributed by atoms with Crippen LogP contribution in [0, 0.1) is 13.8 Å². The molecule has 0 aliphatic heterocycles. The second-order valence-corrected chi connectivity index (χ2v) is 6.70. The summed E-state index contributed by atoms with van der Waals surface area (Å²) < 4.78 is 0. The minimum absolute atomic E-state index is 0.0897. The molecule has 0 bridgehead atoms. The molecule has 2 aromatic rings. The molecule has 0 radical (unpaired) electrons. The molecule has 1 aliphatic carbocycles. The van der Waals surface area contributed by atoms with Gasteiger partial charge in [0.1, 0.15) is 17.3 Å². The van der Waals surface area contributed by atoms with Crippen molar-refractivity contribution in [1.82, 2.24) is 9.97 Å². The molecule has 1 amide bonds. The summed E-state index contributed by atoms with van der Waals surface area (Å²) in [6.45, 7) is 6.43. The molecule has 5 nitrogen and oxygen atoms in total. The summed E-state index contributed by atoms with van der Waals surface area (Å²) in [5.74, 6) is 1.28. The van der Waals surface area contributed by atoms with E-state index in [1.165, 1.54) is 12.8 Å². The Balaban J connectivity index is 1.85. The van der Waals surface area contributed by atoms with Gasteiger partial charge < -0.3 is 10.2 Å². The van der Waals surface area contributed by atoms with Crippen molar-refractivity contribution in [1.29, 1.82) is 0 Å². The number of anilines is 2. The number of nitrogens with zero attached hydrogens (tertiary/aromatic N) is 3. The van der Waals surface area contributed by atoms with Crippen molar-refractivity contribution >= 4 is 17.4 Å². The predicted molar refractivity (Wildman–Crippen MR) is 101 cm³/mol. The van der Waals surface area contributed by atoms with Crippen LogP contribution in [0.15, 0.2) is 30.3 Å². The van der Waals surface area contributed by atoms with Gasteiger partial charge in [0.15, 0.2) is 0 Å². The molecule has 0 saturated heterocycles. The molecular formula is C20H26N4O. The second-order valence-electron chi connectivity index (χ2n) is 6.70. The van der Waals surface area contributed by atoms with E-state index in [9.17, 15) is 4.79 Å². The number of rotatable bonds is 5. The summed E-state index contributed by atoms with van der Waals surface area (Å²) in [5, 5.41) is 3.46. The van der Waals surface area contributed by atoms with Crippen molar-refractivity contribution in [3.8, 4) is 0 Å². The van der Waals surface area contributed by atoms with Crippen LogP contribution < -0.4 is 10.2 Å². The fourth-order valence-corrected chi connectivity index (χ4v) is 3.41. The zero-order chi connectivity index (χ0) is 17.8. The maximum absolute atomic E-state index is 13.0. The van der Waals surface area contributed by atoms with Crippen LogP contribution in [0.2, 0.25) is 0 Å². The average molecular weight is 338 g/mol. The van der Waals surface area contributed by atoms with Crippen molar-refractivity contribution < 1.29 is 4.79 Å². The monoisotopic (exact) mass is 338 g/mol. The first-order chi connectivity index (χ1) is 12.1. The number of aryl methyl sites for hydroxylation is 2. The number of aromatic nitrogens is 2. The van der Waals surface area contributed by atoms with Gasteiger partial charge in [0.2, 0.25) is 0 Å². The van der Waals surface area contributed by atoms with Crippen LogP contribution >= 0.6 is 0 Å². The first-order valence-electron chi connectivity index (χ1n) is 9.07. The highest BCUT2D eigenvalue weighted by Gasteiger charge is 2.20. The first-order valence-corrected chi connectivity index (χ1v) is 9.07. The molecule has 5 heteroatoms. The van der Waals surface area contributed by atoms with E-state index >= 15 is 0 Å². The van der Waals surface area contributed by atoms with Crippen molar-refractivity contribution in [3.05, 3.63) is 47.4 Å². The summed E-state index contributed by atoms with van der Waals surface area (Å²) in [5.41, 5.74) is 2.47. The zero-order valence-corrected chi connectivity index (χ0v) is 15.2. The lowest BCUT2D eigenvalue weighted by Crippen LogP contribution is -2.31. The molecular weight excluding hydrogens is 312 g/mol. The topological polar surface area (TPSA) is 58.1 Å².